The van der Waals surface area contributed by atoms with Crippen LogP contribution in [0.15, 0.2) is 48.9 Å². The van der Waals surface area contributed by atoms with Crippen LogP contribution in [0.25, 0.3) is 0 Å². The van der Waals surface area contributed by atoms with E-state index >= 15 is 0 Å². The average molecular weight is 1790 g/mol. The lowest BCUT2D eigenvalue weighted by atomic mass is 9.88. The van der Waals surface area contributed by atoms with Crippen LogP contribution in [0.4, 0.5) is 0 Å². The number of quaternary nitrogens is 1. The predicted molar refractivity (Wildman–Crippen MR) is 509 cm³/mol. The number of ketones is 10. The molecule has 5 atom stereocenters. The highest BCUT2D eigenvalue weighted by Crippen LogP contribution is 2.38. The van der Waals surface area contributed by atoms with Crippen molar-refractivity contribution in [3.63, 3.8) is 0 Å². The normalized spacial score (nSPS) is 13.5. The molecule has 0 saturated carbocycles. The molecule has 722 valence electrons. The van der Waals surface area contributed by atoms with Crippen LogP contribution in [-0.2, 0) is 66.1 Å². The Morgan fingerprint density at radius 2 is 0.951 bits per heavy atom. The van der Waals surface area contributed by atoms with E-state index in [0.29, 0.717) is 65.1 Å². The minimum atomic E-state index is -3.53. The second kappa shape index (κ2) is 77.6. The molecule has 0 aromatic carbocycles. The number of hydrogen-bond donors (Lipinski definition) is 4. The Hall–Kier alpha value is -5.47. The first kappa shape index (κ1) is 135. The Labute approximate surface area is 750 Å². The number of carbonyl (C=O) groups is 11. The summed E-state index contributed by atoms with van der Waals surface area (Å²) in [6.45, 7) is 66.4. The van der Waals surface area contributed by atoms with Crippen LogP contribution < -0.4 is 11.5 Å². The maximum Gasteiger partial charge on any atom is 0.327 e. The second-order valence-electron chi connectivity index (χ2n) is 37.1. The van der Waals surface area contributed by atoms with Gasteiger partial charge < -0.3 is 44.8 Å². The fourth-order valence-electron chi connectivity index (χ4n) is 9.30. The zero-order valence-electron chi connectivity index (χ0n) is 85.1. The van der Waals surface area contributed by atoms with Crippen molar-refractivity contribution in [3.8, 4) is 0 Å². The van der Waals surface area contributed by atoms with Gasteiger partial charge in [-0.05, 0) is 150 Å². The van der Waals surface area contributed by atoms with E-state index in [9.17, 15) is 61.9 Å². The van der Waals surface area contributed by atoms with E-state index in [1.54, 1.807) is 84.4 Å². The quantitative estimate of drug-likeness (QED) is 0.0121. The van der Waals surface area contributed by atoms with Gasteiger partial charge in [0.25, 0.3) is 0 Å². The Morgan fingerprint density at radius 3 is 1.22 bits per heavy atom. The average Bonchev–Trinajstić information content (AvgIpc) is 0.933. The molecular formula is C95H185N8O18P2+. The summed E-state index contributed by atoms with van der Waals surface area (Å²) in [4.78, 5) is 153. The molecule has 0 amide bonds. The summed E-state index contributed by atoms with van der Waals surface area (Å²) in [7, 11) is 7.44. The number of esters is 1. The van der Waals surface area contributed by atoms with Gasteiger partial charge >= 0.3 is 21.2 Å². The summed E-state index contributed by atoms with van der Waals surface area (Å²) >= 11 is 0. The fourth-order valence-corrected chi connectivity index (χ4v) is 10.3. The maximum absolute atomic E-state index is 11.7. The molecule has 0 radical (unpaired) electrons. The van der Waals surface area contributed by atoms with Gasteiger partial charge in [0.2, 0.25) is 6.79 Å². The summed E-state index contributed by atoms with van der Waals surface area (Å²) < 4.78 is 35.2. The highest BCUT2D eigenvalue weighted by atomic mass is 31.2. The van der Waals surface area contributed by atoms with Crippen LogP contribution in [0.3, 0.4) is 0 Å². The molecule has 0 aliphatic carbocycles. The molecule has 2 unspecified atom stereocenters. The number of piperidine rings is 1. The maximum atomic E-state index is 11.7. The first-order chi connectivity index (χ1) is 56.0. The van der Waals surface area contributed by atoms with E-state index in [0.717, 1.165) is 69.2 Å². The van der Waals surface area contributed by atoms with E-state index in [-0.39, 0.29) is 118 Å². The summed E-state index contributed by atoms with van der Waals surface area (Å²) in [5, 5.41) is 0. The van der Waals surface area contributed by atoms with Gasteiger partial charge in [0.15, 0.2) is 23.1 Å². The molecule has 2 aromatic heterocycles. The van der Waals surface area contributed by atoms with Crippen LogP contribution in [0.1, 0.15) is 300 Å². The standard InChI is InChI=1S/C12H23NO.C10H22NO.C10H21NO.C9H20N2O.2C9H11NO.C9H18O.C7H15NO.C6H13O5P.2C5H10O.C4H11O3P/c1-11(2)12(14)7-6-10-13-8-4-3-5-9-13;1-9(2)10(12)7-6-8-11(3,4)5;1-7(2)9(11(5)6)10(12)8(3)4;1-7(2)9(12)8(11)5-3-4-6-10;1-7(2)9(11)8-4-3-5-10-6-8;1-7(2)9(11)8-5-3-4-6-10-8;1-6(2)8(5)9(10)7(3)4;1-6(2)7(9)5-8(3)4;1-5(2)6(7)10-4-11-12(3,8)9;2*1-4(2)5(3)6;1-4(2)7-8(3,5)6/h11H,3-10H2,1-2H3;9H,6-8H2,1-5H3;7-9H,1-6H3;7-8H,3-6,10-11H2,1-2H3;2*3-7H,1-2H3;6-8H,1-5H3;6H,5H2,1-4H3;5H,4H2,1-3H3,(H,8,9);2*4H,1-3H3;4H,1-3H3,(H,5,6)/q;+1;;;;;;;;;;/t;;9-;8-;;;8-;;;;;/m..00..0...../s1. The van der Waals surface area contributed by atoms with Gasteiger partial charge in [0, 0.05) is 122 Å². The lowest BCUT2D eigenvalue weighted by Gasteiger charge is -2.27. The summed E-state index contributed by atoms with van der Waals surface area (Å²) in [5.74, 6) is 4.66. The third-order valence-corrected chi connectivity index (χ3v) is 19.3. The first-order valence-corrected chi connectivity index (χ1v) is 48.5. The highest BCUT2D eigenvalue weighted by molar-refractivity contribution is 7.52. The number of unbranched alkanes of at least 4 members (excludes halogenated alkanes) is 1. The van der Waals surface area contributed by atoms with E-state index in [1.165, 1.54) is 39.0 Å². The summed E-state index contributed by atoms with van der Waals surface area (Å²) in [6, 6.07) is 8.72. The van der Waals surface area contributed by atoms with E-state index in [2.05, 4.69) is 77.5 Å². The molecule has 3 rings (SSSR count). The Morgan fingerprint density at radius 1 is 0.512 bits per heavy atom. The molecule has 3 heterocycles. The minimum absolute atomic E-state index is 0.0323. The lowest BCUT2D eigenvalue weighted by Crippen LogP contribution is -2.42. The van der Waals surface area contributed by atoms with Crippen LogP contribution >= 0.6 is 15.2 Å². The highest BCUT2D eigenvalue weighted by Gasteiger charge is 2.26. The minimum Gasteiger partial charge on any atom is -0.438 e. The number of nitrogens with two attached hydrogens (primary N) is 2. The Bertz CT molecular complexity index is 3110. The number of carbonyl (C=O) groups excluding carboxylic acids is 11. The van der Waals surface area contributed by atoms with E-state index in [1.807, 2.05) is 189 Å². The third-order valence-electron chi connectivity index (χ3n) is 17.9. The lowest BCUT2D eigenvalue weighted by molar-refractivity contribution is -0.870. The number of hydrogen-bond acceptors (Lipinski definition) is 23. The van der Waals surface area contributed by atoms with Crippen molar-refractivity contribution in [3.05, 3.63) is 60.2 Å². The largest absolute Gasteiger partial charge is 0.438 e. The summed E-state index contributed by atoms with van der Waals surface area (Å²) in [6.07, 6.45) is 15.1. The van der Waals surface area contributed by atoms with Crippen molar-refractivity contribution in [2.24, 2.45) is 94.3 Å². The molecule has 6 N–H and O–H groups in total. The van der Waals surface area contributed by atoms with Crippen LogP contribution in [0.2, 0.25) is 0 Å². The first-order valence-electron chi connectivity index (χ1n) is 44.4. The molecule has 1 fully saturated rings. The number of Topliss-reactive ketones (excluding diaryl/α,β-unsaturated/α-hetero) is 10. The molecular weight excluding hydrogens is 1600 g/mol. The molecule has 1 aliphatic heterocycles. The molecule has 2 aromatic rings. The molecule has 0 spiro atoms. The number of rotatable bonds is 38. The van der Waals surface area contributed by atoms with Crippen molar-refractivity contribution in [1.29, 1.82) is 0 Å². The molecule has 0 bridgehead atoms. The van der Waals surface area contributed by atoms with Gasteiger partial charge in [-0.1, -0.05) is 206 Å². The second-order valence-corrected chi connectivity index (χ2v) is 40.8. The van der Waals surface area contributed by atoms with Crippen molar-refractivity contribution in [2.75, 3.05) is 109 Å². The Kier molecular flexibility index (Phi) is 85.5. The number of likely N-dealkylation sites (N-methyl/N-ethyl adjacent to an activating group) is 2. The van der Waals surface area contributed by atoms with Crippen LogP contribution in [0, 0.1) is 82.9 Å². The Balaban J connectivity index is -0.000000166. The van der Waals surface area contributed by atoms with Gasteiger partial charge in [0.1, 0.15) is 40.4 Å². The van der Waals surface area contributed by atoms with Gasteiger partial charge in [-0.15, -0.1) is 0 Å². The SMILES string of the molecule is CC(=O)C(C)C.CC(=O)C(C)C.CC(C)C(=O)CCCN1CCCCC1.CC(C)C(=O)CCC[N+](C)(C)C.CC(C)C(=O)CN(C)C.CC(C)C(=O)OCOP(C)(=O)O.CC(C)C(=O)[C@@H](C)C(C)C.CC(C)C(=O)[C@@H](N)CCCCN.CC(C)C(=O)[C@H](C(C)C)N(C)C.CC(C)C(=O)c1ccccn1.CC(C)C(=O)c1cccnc1.CC(C)OP(C)(=O)O. The zero-order chi connectivity index (χ0) is 98.8. The number of pyridine rings is 2. The van der Waals surface area contributed by atoms with Gasteiger partial charge in [-0.3, -0.25) is 81.3 Å². The monoisotopic (exact) mass is 1790 g/mol. The number of nitrogens with zero attached hydrogens (tertiary/aromatic N) is 6. The predicted octanol–water partition coefficient (Wildman–Crippen LogP) is 18.4. The number of ether oxygens (including phenoxy) is 1. The van der Waals surface area contributed by atoms with Crippen LogP contribution in [0.5, 0.6) is 0 Å². The number of aromatic nitrogens is 2. The molecule has 28 heteroatoms. The van der Waals surface area contributed by atoms with Crippen molar-refractivity contribution in [2.45, 2.75) is 297 Å². The molecule has 26 nitrogen and oxygen atoms in total. The molecule has 123 heavy (non-hydrogen) atoms. The van der Waals surface area contributed by atoms with Crippen molar-refractivity contribution in [1.82, 2.24) is 24.7 Å². The number of likely N-dealkylation sites (tertiary alicyclic amines) is 1. The molecule has 1 saturated heterocycles. The van der Waals surface area contributed by atoms with Gasteiger partial charge in [-0.2, -0.15) is 0 Å². The summed E-state index contributed by atoms with van der Waals surface area (Å²) in [5.41, 5.74) is 12.2. The molecule has 1 aliphatic rings. The van der Waals surface area contributed by atoms with Gasteiger partial charge in [-0.25, -0.2) is 0 Å². The van der Waals surface area contributed by atoms with E-state index < -0.39 is 28.0 Å². The van der Waals surface area contributed by atoms with Crippen LogP contribution in [-0.4, -0.2) is 230 Å². The smallest absolute Gasteiger partial charge is 0.327 e. The van der Waals surface area contributed by atoms with Crippen molar-refractivity contribution >= 4 is 79.0 Å². The topological polar surface area (TPSA) is 378 Å². The van der Waals surface area contributed by atoms with Gasteiger partial charge in [0.05, 0.1) is 58.3 Å². The fraction of sp³-hybridized carbons (Fsp3) is 0.779. The van der Waals surface area contributed by atoms with E-state index in [4.69, 9.17) is 21.3 Å². The third kappa shape index (κ3) is 92.5. The zero-order valence-corrected chi connectivity index (χ0v) is 86.9. The van der Waals surface area contributed by atoms with Crippen molar-refractivity contribution < 1.29 is 89.9 Å².